The maximum absolute atomic E-state index is 11.8. The van der Waals surface area contributed by atoms with Crippen LogP contribution in [0.25, 0.3) is 0 Å². The Hall–Kier alpha value is -2.62. The minimum atomic E-state index is -3.47. The molecule has 0 unspecified atom stereocenters. The fourth-order valence-corrected chi connectivity index (χ4v) is 2.03. The third-order valence-electron chi connectivity index (χ3n) is 2.37. The minimum absolute atomic E-state index is 0.0585. The van der Waals surface area contributed by atoms with Gasteiger partial charge in [-0.1, -0.05) is 0 Å². The van der Waals surface area contributed by atoms with Gasteiger partial charge in [0.2, 0.25) is 11.5 Å². The van der Waals surface area contributed by atoms with Crippen LogP contribution in [-0.2, 0) is 9.84 Å². The van der Waals surface area contributed by atoms with Crippen LogP contribution in [0.1, 0.15) is 10.5 Å². The van der Waals surface area contributed by atoms with Crippen molar-refractivity contribution in [3.63, 3.8) is 0 Å². The van der Waals surface area contributed by atoms with Crippen molar-refractivity contribution in [2.45, 2.75) is 4.90 Å². The van der Waals surface area contributed by atoms with E-state index in [2.05, 4.69) is 20.3 Å². The Labute approximate surface area is 113 Å². The molecule has 1 aromatic heterocycles. The molecule has 2 rings (SSSR count). The van der Waals surface area contributed by atoms with Crippen molar-refractivity contribution in [3.8, 4) is 5.75 Å². The summed E-state index contributed by atoms with van der Waals surface area (Å²) in [6.07, 6.45) is 1.00. The van der Waals surface area contributed by atoms with Gasteiger partial charge in [0.25, 0.3) is 5.91 Å². The van der Waals surface area contributed by atoms with Gasteiger partial charge >= 0.3 is 0 Å². The third kappa shape index (κ3) is 2.69. The quantitative estimate of drug-likeness (QED) is 0.671. The van der Waals surface area contributed by atoms with Crippen LogP contribution < -0.4 is 11.1 Å². The number of aromatic nitrogens is 2. The number of aromatic hydroxyl groups is 1. The topological polar surface area (TPSA) is 148 Å². The molecule has 106 valence electrons. The Kier molecular flexibility index (Phi) is 3.32. The molecule has 0 saturated carbocycles. The lowest BCUT2D eigenvalue weighted by Crippen LogP contribution is -2.14. The molecule has 0 spiro atoms. The molecule has 0 radical (unpaired) electrons. The van der Waals surface area contributed by atoms with E-state index in [4.69, 9.17) is 5.73 Å². The van der Waals surface area contributed by atoms with Crippen molar-refractivity contribution < 1.29 is 22.9 Å². The zero-order valence-electron chi connectivity index (χ0n) is 10.2. The van der Waals surface area contributed by atoms with Gasteiger partial charge in [-0.3, -0.25) is 4.79 Å². The Bertz CT molecular complexity index is 768. The predicted molar refractivity (Wildman–Crippen MR) is 67.9 cm³/mol. The van der Waals surface area contributed by atoms with E-state index in [1.54, 1.807) is 0 Å². The SMILES string of the molecule is CS(=O)(=O)c1ccc(O)c(NC(=O)c2nonc2N)c1. The molecule has 2 aromatic rings. The van der Waals surface area contributed by atoms with Crippen LogP contribution in [0.5, 0.6) is 5.75 Å². The lowest BCUT2D eigenvalue weighted by molar-refractivity contribution is 0.101. The fourth-order valence-electron chi connectivity index (χ4n) is 1.38. The molecule has 0 aliphatic rings. The van der Waals surface area contributed by atoms with Crippen molar-refractivity contribution in [1.29, 1.82) is 0 Å². The second-order valence-electron chi connectivity index (χ2n) is 3.90. The first kappa shape index (κ1) is 13.8. The van der Waals surface area contributed by atoms with E-state index in [-0.39, 0.29) is 27.8 Å². The lowest BCUT2D eigenvalue weighted by atomic mass is 10.3. The first-order valence-corrected chi connectivity index (χ1v) is 7.10. The van der Waals surface area contributed by atoms with Crippen LogP contribution in [0.15, 0.2) is 27.7 Å². The smallest absolute Gasteiger partial charge is 0.281 e. The van der Waals surface area contributed by atoms with Gasteiger partial charge < -0.3 is 16.2 Å². The molecule has 0 atom stereocenters. The molecule has 1 amide bonds. The number of carbonyl (C=O) groups excluding carboxylic acids is 1. The van der Waals surface area contributed by atoms with E-state index in [1.807, 2.05) is 0 Å². The minimum Gasteiger partial charge on any atom is -0.506 e. The third-order valence-corrected chi connectivity index (χ3v) is 3.48. The molecule has 9 nitrogen and oxygen atoms in total. The number of sulfone groups is 1. The number of phenolic OH excluding ortho intramolecular Hbond substituents is 1. The second kappa shape index (κ2) is 4.81. The highest BCUT2D eigenvalue weighted by atomic mass is 32.2. The number of benzene rings is 1. The number of rotatable bonds is 3. The number of nitrogens with one attached hydrogen (secondary N) is 1. The molecule has 0 aliphatic carbocycles. The van der Waals surface area contributed by atoms with E-state index in [1.165, 1.54) is 6.07 Å². The molecule has 0 saturated heterocycles. The molecule has 0 bridgehead atoms. The Morgan fingerprint density at radius 1 is 1.40 bits per heavy atom. The maximum Gasteiger partial charge on any atom is 0.281 e. The zero-order chi connectivity index (χ0) is 14.9. The number of hydrogen-bond acceptors (Lipinski definition) is 8. The molecule has 4 N–H and O–H groups in total. The number of amides is 1. The summed E-state index contributed by atoms with van der Waals surface area (Å²) in [6, 6.07) is 3.48. The monoisotopic (exact) mass is 298 g/mol. The van der Waals surface area contributed by atoms with Crippen molar-refractivity contribution in [1.82, 2.24) is 10.3 Å². The van der Waals surface area contributed by atoms with Crippen LogP contribution in [-0.4, -0.2) is 36.0 Å². The zero-order valence-corrected chi connectivity index (χ0v) is 11.0. The van der Waals surface area contributed by atoms with E-state index in [0.29, 0.717) is 0 Å². The number of carbonyl (C=O) groups is 1. The summed E-state index contributed by atoms with van der Waals surface area (Å²) in [5.74, 6) is -1.31. The number of nitrogens with two attached hydrogens (primary N) is 1. The fraction of sp³-hybridized carbons (Fsp3) is 0.100. The summed E-state index contributed by atoms with van der Waals surface area (Å²) in [7, 11) is -3.47. The highest BCUT2D eigenvalue weighted by molar-refractivity contribution is 7.90. The molecular formula is C10H10N4O5S. The van der Waals surface area contributed by atoms with Crippen molar-refractivity contribution >= 4 is 27.2 Å². The average Bonchev–Trinajstić information content (AvgIpc) is 2.77. The van der Waals surface area contributed by atoms with Crippen molar-refractivity contribution in [3.05, 3.63) is 23.9 Å². The van der Waals surface area contributed by atoms with Gasteiger partial charge in [-0.2, -0.15) is 0 Å². The van der Waals surface area contributed by atoms with Gasteiger partial charge in [0.1, 0.15) is 5.75 Å². The number of phenols is 1. The predicted octanol–water partition coefficient (Wildman–Crippen LogP) is 0.0132. The first-order valence-electron chi connectivity index (χ1n) is 5.21. The number of anilines is 2. The molecule has 1 aromatic carbocycles. The van der Waals surface area contributed by atoms with Crippen LogP contribution in [0.4, 0.5) is 11.5 Å². The largest absolute Gasteiger partial charge is 0.506 e. The van der Waals surface area contributed by atoms with Gasteiger partial charge in [-0.25, -0.2) is 13.0 Å². The molecule has 0 aliphatic heterocycles. The Morgan fingerprint density at radius 2 is 2.10 bits per heavy atom. The summed E-state index contributed by atoms with van der Waals surface area (Å²) in [5, 5.41) is 18.4. The normalized spacial score (nSPS) is 11.2. The van der Waals surface area contributed by atoms with E-state index in [9.17, 15) is 18.3 Å². The Morgan fingerprint density at radius 3 is 2.65 bits per heavy atom. The van der Waals surface area contributed by atoms with Gasteiger partial charge in [0.15, 0.2) is 9.84 Å². The number of hydrogen-bond donors (Lipinski definition) is 3. The van der Waals surface area contributed by atoms with Crippen LogP contribution in [0.2, 0.25) is 0 Å². The van der Waals surface area contributed by atoms with E-state index in [0.717, 1.165) is 18.4 Å². The average molecular weight is 298 g/mol. The Balaban J connectivity index is 2.34. The summed E-state index contributed by atoms with van der Waals surface area (Å²) < 4.78 is 27.1. The molecule has 10 heteroatoms. The maximum atomic E-state index is 11.8. The van der Waals surface area contributed by atoms with E-state index >= 15 is 0 Å². The standard InChI is InChI=1S/C10H10N4O5S/c1-20(17,18)5-2-3-7(15)6(4-5)12-10(16)8-9(11)14-19-13-8/h2-4,15H,1H3,(H2,11,14)(H,12,16). The first-order chi connectivity index (χ1) is 9.29. The lowest BCUT2D eigenvalue weighted by Gasteiger charge is -2.07. The molecule has 1 heterocycles. The van der Waals surface area contributed by atoms with Gasteiger partial charge in [0.05, 0.1) is 10.6 Å². The number of nitrogen functional groups attached to an aromatic ring is 1. The van der Waals surface area contributed by atoms with Crippen LogP contribution >= 0.6 is 0 Å². The molecule has 0 fully saturated rings. The summed E-state index contributed by atoms with van der Waals surface area (Å²) in [6.45, 7) is 0. The van der Waals surface area contributed by atoms with Gasteiger partial charge in [-0.05, 0) is 28.5 Å². The van der Waals surface area contributed by atoms with Crippen LogP contribution in [0.3, 0.4) is 0 Å². The summed E-state index contributed by atoms with van der Waals surface area (Å²) in [4.78, 5) is 11.7. The number of nitrogens with zero attached hydrogens (tertiary/aromatic N) is 2. The highest BCUT2D eigenvalue weighted by Crippen LogP contribution is 2.27. The van der Waals surface area contributed by atoms with E-state index < -0.39 is 15.7 Å². The van der Waals surface area contributed by atoms with Gasteiger partial charge in [-0.15, -0.1) is 0 Å². The summed E-state index contributed by atoms with van der Waals surface area (Å²) >= 11 is 0. The second-order valence-corrected chi connectivity index (χ2v) is 5.92. The summed E-state index contributed by atoms with van der Waals surface area (Å²) in [5.41, 5.74) is 4.98. The molecule has 20 heavy (non-hydrogen) atoms. The van der Waals surface area contributed by atoms with Crippen molar-refractivity contribution in [2.24, 2.45) is 0 Å². The highest BCUT2D eigenvalue weighted by Gasteiger charge is 2.18. The molecular weight excluding hydrogens is 288 g/mol. The van der Waals surface area contributed by atoms with Crippen LogP contribution in [0, 0.1) is 0 Å². The van der Waals surface area contributed by atoms with Gasteiger partial charge in [0, 0.05) is 6.26 Å². The van der Waals surface area contributed by atoms with Crippen molar-refractivity contribution in [2.75, 3.05) is 17.3 Å².